The molecule has 0 amide bonds. The molecular weight excluding hydrogens is 234 g/mol. The molecule has 19 heavy (non-hydrogen) atoms. The van der Waals surface area contributed by atoms with Gasteiger partial charge in [0.2, 0.25) is 0 Å². The van der Waals surface area contributed by atoms with E-state index in [4.69, 9.17) is 0 Å². The van der Waals surface area contributed by atoms with E-state index in [1.807, 2.05) is 48.7 Å². The molecule has 0 radical (unpaired) electrons. The molecule has 1 heterocycles. The fourth-order valence-corrected chi connectivity index (χ4v) is 3.39. The Bertz CT molecular complexity index is 499. The van der Waals surface area contributed by atoms with Gasteiger partial charge >= 0.3 is 0 Å². The molecular formula is C17H21NO. The predicted molar refractivity (Wildman–Crippen MR) is 76.8 cm³/mol. The van der Waals surface area contributed by atoms with Crippen LogP contribution in [-0.2, 0) is 5.60 Å². The summed E-state index contributed by atoms with van der Waals surface area (Å²) in [5, 5.41) is 11.4. The van der Waals surface area contributed by atoms with Crippen LogP contribution in [-0.4, -0.2) is 10.1 Å². The van der Waals surface area contributed by atoms with Crippen LogP contribution in [0.4, 0.5) is 0 Å². The van der Waals surface area contributed by atoms with Gasteiger partial charge in [0.1, 0.15) is 5.60 Å². The maximum Gasteiger partial charge on any atom is 0.132 e. The maximum absolute atomic E-state index is 11.4. The third-order valence-electron chi connectivity index (χ3n) is 4.42. The van der Waals surface area contributed by atoms with E-state index in [-0.39, 0.29) is 0 Å². The average molecular weight is 255 g/mol. The number of hydrogen-bond acceptors (Lipinski definition) is 1. The molecule has 1 fully saturated rings. The molecule has 2 N–H and O–H groups in total. The Labute approximate surface area is 114 Å². The van der Waals surface area contributed by atoms with Gasteiger partial charge in [-0.25, -0.2) is 0 Å². The lowest BCUT2D eigenvalue weighted by atomic mass is 9.72. The number of benzene rings is 1. The Morgan fingerprint density at radius 1 is 0.947 bits per heavy atom. The highest BCUT2D eigenvalue weighted by Crippen LogP contribution is 2.43. The molecule has 3 rings (SSSR count). The van der Waals surface area contributed by atoms with Gasteiger partial charge in [-0.1, -0.05) is 49.6 Å². The van der Waals surface area contributed by atoms with Gasteiger partial charge < -0.3 is 10.1 Å². The highest BCUT2D eigenvalue weighted by atomic mass is 16.3. The quantitative estimate of drug-likeness (QED) is 0.859. The molecule has 0 unspecified atom stereocenters. The van der Waals surface area contributed by atoms with Crippen LogP contribution < -0.4 is 0 Å². The van der Waals surface area contributed by atoms with Crippen molar-refractivity contribution < 1.29 is 5.11 Å². The van der Waals surface area contributed by atoms with Gasteiger partial charge in [0.25, 0.3) is 0 Å². The summed E-state index contributed by atoms with van der Waals surface area (Å²) >= 11 is 0. The van der Waals surface area contributed by atoms with E-state index in [1.54, 1.807) is 0 Å². The van der Waals surface area contributed by atoms with E-state index in [9.17, 15) is 5.11 Å². The largest absolute Gasteiger partial charge is 0.379 e. The van der Waals surface area contributed by atoms with Crippen molar-refractivity contribution in [3.8, 4) is 0 Å². The molecule has 2 aromatic rings. The highest BCUT2D eigenvalue weighted by Gasteiger charge is 2.41. The first kappa shape index (κ1) is 12.5. The summed E-state index contributed by atoms with van der Waals surface area (Å²) in [6.45, 7) is 0. The number of aromatic nitrogens is 1. The van der Waals surface area contributed by atoms with Crippen LogP contribution in [0.3, 0.4) is 0 Å². The summed E-state index contributed by atoms with van der Waals surface area (Å²) in [7, 11) is 0. The number of hydrogen-bond donors (Lipinski definition) is 2. The molecule has 1 aliphatic carbocycles. The van der Waals surface area contributed by atoms with E-state index in [2.05, 4.69) is 4.98 Å². The minimum atomic E-state index is -0.870. The number of aliphatic hydroxyl groups is 1. The normalized spacial score (nSPS) is 20.1. The van der Waals surface area contributed by atoms with Gasteiger partial charge in [0.05, 0.1) is 5.69 Å². The van der Waals surface area contributed by atoms with E-state index in [0.717, 1.165) is 24.1 Å². The van der Waals surface area contributed by atoms with Crippen molar-refractivity contribution in [3.05, 3.63) is 59.9 Å². The second-order valence-electron chi connectivity index (χ2n) is 5.55. The number of aromatic amines is 1. The van der Waals surface area contributed by atoms with E-state index < -0.39 is 5.60 Å². The van der Waals surface area contributed by atoms with Crippen LogP contribution in [0.2, 0.25) is 0 Å². The molecule has 1 aromatic heterocycles. The Hall–Kier alpha value is -1.54. The summed E-state index contributed by atoms with van der Waals surface area (Å²) in [4.78, 5) is 3.22. The lowest BCUT2D eigenvalue weighted by Crippen LogP contribution is -2.38. The first-order valence-electron chi connectivity index (χ1n) is 7.23. The van der Waals surface area contributed by atoms with Crippen LogP contribution >= 0.6 is 0 Å². The molecule has 0 aliphatic heterocycles. The van der Waals surface area contributed by atoms with Gasteiger partial charge in [0, 0.05) is 6.20 Å². The zero-order valence-corrected chi connectivity index (χ0v) is 11.2. The molecule has 0 saturated heterocycles. The molecule has 1 aromatic carbocycles. The third kappa shape index (κ3) is 2.21. The third-order valence-corrected chi connectivity index (χ3v) is 4.42. The van der Waals surface area contributed by atoms with Crippen molar-refractivity contribution in [2.24, 2.45) is 5.92 Å². The second-order valence-corrected chi connectivity index (χ2v) is 5.55. The first-order chi connectivity index (χ1) is 9.32. The minimum Gasteiger partial charge on any atom is -0.379 e. The zero-order chi connectivity index (χ0) is 13.1. The highest BCUT2D eigenvalue weighted by molar-refractivity contribution is 5.33. The van der Waals surface area contributed by atoms with Gasteiger partial charge in [0.15, 0.2) is 0 Å². The SMILES string of the molecule is O[C@](c1ccccc1)(c1ccc[nH]1)C1CCCCC1. The fraction of sp³-hybridized carbons (Fsp3) is 0.412. The summed E-state index contributed by atoms with van der Waals surface area (Å²) in [6.07, 6.45) is 7.84. The number of H-pyrrole nitrogens is 1. The van der Waals surface area contributed by atoms with Crippen molar-refractivity contribution in [2.75, 3.05) is 0 Å². The summed E-state index contributed by atoms with van der Waals surface area (Å²) in [6, 6.07) is 14.1. The van der Waals surface area contributed by atoms with E-state index in [0.29, 0.717) is 5.92 Å². The topological polar surface area (TPSA) is 36.0 Å². The molecule has 1 atom stereocenters. The molecule has 0 bridgehead atoms. The van der Waals surface area contributed by atoms with Crippen LogP contribution in [0.1, 0.15) is 43.4 Å². The summed E-state index contributed by atoms with van der Waals surface area (Å²) < 4.78 is 0. The summed E-state index contributed by atoms with van der Waals surface area (Å²) in [5.41, 5.74) is 1.06. The van der Waals surface area contributed by atoms with Crippen LogP contribution in [0, 0.1) is 5.92 Å². The Morgan fingerprint density at radius 2 is 1.68 bits per heavy atom. The van der Waals surface area contributed by atoms with Gasteiger partial charge in [-0.05, 0) is 36.5 Å². The lowest BCUT2D eigenvalue weighted by molar-refractivity contribution is -0.00400. The maximum atomic E-state index is 11.4. The smallest absolute Gasteiger partial charge is 0.132 e. The van der Waals surface area contributed by atoms with E-state index in [1.165, 1.54) is 19.3 Å². The van der Waals surface area contributed by atoms with Gasteiger partial charge in [-0.15, -0.1) is 0 Å². The predicted octanol–water partition coefficient (Wildman–Crippen LogP) is 3.83. The standard InChI is InChI=1S/C17H21NO/c19-17(16-12-7-13-18-16,14-8-3-1-4-9-14)15-10-5-2-6-11-15/h1,3-4,7-9,12-13,15,18-19H,2,5-6,10-11H2/t17-/m0/s1. The first-order valence-corrected chi connectivity index (χ1v) is 7.23. The monoisotopic (exact) mass is 255 g/mol. The Kier molecular flexibility index (Phi) is 3.43. The number of rotatable bonds is 3. The van der Waals surface area contributed by atoms with Crippen LogP contribution in [0.15, 0.2) is 48.7 Å². The number of nitrogens with one attached hydrogen (secondary N) is 1. The van der Waals surface area contributed by atoms with Crippen molar-refractivity contribution in [1.82, 2.24) is 4.98 Å². The van der Waals surface area contributed by atoms with Crippen molar-refractivity contribution >= 4 is 0 Å². The Morgan fingerprint density at radius 3 is 2.32 bits per heavy atom. The fourth-order valence-electron chi connectivity index (χ4n) is 3.39. The summed E-state index contributed by atoms with van der Waals surface area (Å²) in [5.74, 6) is 0.308. The molecule has 1 aliphatic rings. The molecule has 2 heteroatoms. The minimum absolute atomic E-state index is 0.308. The van der Waals surface area contributed by atoms with Gasteiger partial charge in [-0.2, -0.15) is 0 Å². The lowest BCUT2D eigenvalue weighted by Gasteiger charge is -2.38. The Balaban J connectivity index is 2.05. The zero-order valence-electron chi connectivity index (χ0n) is 11.2. The second kappa shape index (κ2) is 5.22. The van der Waals surface area contributed by atoms with Crippen molar-refractivity contribution in [3.63, 3.8) is 0 Å². The van der Waals surface area contributed by atoms with Crippen molar-refractivity contribution in [2.45, 2.75) is 37.7 Å². The van der Waals surface area contributed by atoms with Crippen LogP contribution in [0.5, 0.6) is 0 Å². The molecule has 2 nitrogen and oxygen atoms in total. The van der Waals surface area contributed by atoms with Crippen LogP contribution in [0.25, 0.3) is 0 Å². The average Bonchev–Trinajstić information content (AvgIpc) is 3.03. The molecule has 0 spiro atoms. The van der Waals surface area contributed by atoms with E-state index >= 15 is 0 Å². The molecule has 100 valence electrons. The van der Waals surface area contributed by atoms with Gasteiger partial charge in [-0.3, -0.25) is 0 Å². The molecule has 1 saturated carbocycles. The van der Waals surface area contributed by atoms with Crippen molar-refractivity contribution in [1.29, 1.82) is 0 Å².